The second-order valence-electron chi connectivity index (χ2n) is 4.31. The van der Waals surface area contributed by atoms with E-state index >= 15 is 0 Å². The third-order valence-corrected chi connectivity index (χ3v) is 4.05. The molecule has 2 nitrogen and oxygen atoms in total. The highest BCUT2D eigenvalue weighted by Crippen LogP contribution is 2.31. The van der Waals surface area contributed by atoms with E-state index in [1.165, 1.54) is 20.9 Å². The van der Waals surface area contributed by atoms with Crippen molar-refractivity contribution in [2.24, 2.45) is 0 Å². The molecule has 0 bridgehead atoms. The van der Waals surface area contributed by atoms with E-state index in [0.717, 1.165) is 18.8 Å². The zero-order valence-electron chi connectivity index (χ0n) is 11.1. The molecule has 1 heterocycles. The average molecular weight is 261 g/mol. The quantitative estimate of drug-likeness (QED) is 0.875. The largest absolute Gasteiger partial charge is 0.468 e. The number of hydrogen-bond donors (Lipinski definition) is 1. The fourth-order valence-corrected chi connectivity index (χ4v) is 2.74. The van der Waals surface area contributed by atoms with E-state index < -0.39 is 0 Å². The van der Waals surface area contributed by atoms with Crippen LogP contribution in [0.4, 0.5) is 0 Å². The van der Waals surface area contributed by atoms with Gasteiger partial charge < -0.3 is 9.73 Å². The molecule has 0 unspecified atom stereocenters. The highest BCUT2D eigenvalue weighted by atomic mass is 32.2. The van der Waals surface area contributed by atoms with Crippen LogP contribution in [-0.4, -0.2) is 6.54 Å². The number of rotatable bonds is 5. The van der Waals surface area contributed by atoms with Crippen molar-refractivity contribution in [1.82, 2.24) is 5.32 Å². The van der Waals surface area contributed by atoms with Gasteiger partial charge in [-0.15, -0.1) is 0 Å². The minimum absolute atomic E-state index is 0.942. The Kier molecular flexibility index (Phi) is 4.50. The summed E-state index contributed by atoms with van der Waals surface area (Å²) in [7, 11) is 0. The van der Waals surface area contributed by atoms with Gasteiger partial charge in [-0.25, -0.2) is 0 Å². The minimum atomic E-state index is 0.942. The standard InChI is InChI=1S/C15H19NOS/c1-4-16-10-13-5-6-14(9-11(13)2)18-15-7-8-17-12(15)3/h5-9,16H,4,10H2,1-3H3. The first-order chi connectivity index (χ1) is 8.70. The molecule has 0 radical (unpaired) electrons. The number of aryl methyl sites for hydroxylation is 2. The number of furan rings is 1. The van der Waals surface area contributed by atoms with Crippen LogP contribution in [0, 0.1) is 13.8 Å². The Labute approximate surface area is 113 Å². The van der Waals surface area contributed by atoms with Gasteiger partial charge in [0.2, 0.25) is 0 Å². The zero-order valence-corrected chi connectivity index (χ0v) is 11.9. The first-order valence-electron chi connectivity index (χ1n) is 6.23. The molecule has 0 aliphatic rings. The minimum Gasteiger partial charge on any atom is -0.468 e. The van der Waals surface area contributed by atoms with Crippen LogP contribution < -0.4 is 5.32 Å². The normalized spacial score (nSPS) is 10.8. The molecule has 0 aliphatic heterocycles. The van der Waals surface area contributed by atoms with Crippen molar-refractivity contribution in [3.63, 3.8) is 0 Å². The topological polar surface area (TPSA) is 25.2 Å². The lowest BCUT2D eigenvalue weighted by Crippen LogP contribution is -2.12. The monoisotopic (exact) mass is 261 g/mol. The highest BCUT2D eigenvalue weighted by molar-refractivity contribution is 7.99. The molecule has 0 aliphatic carbocycles. The molecule has 1 aromatic carbocycles. The van der Waals surface area contributed by atoms with Crippen LogP contribution in [0.2, 0.25) is 0 Å². The number of nitrogens with one attached hydrogen (secondary N) is 1. The van der Waals surface area contributed by atoms with E-state index in [1.54, 1.807) is 18.0 Å². The van der Waals surface area contributed by atoms with Gasteiger partial charge in [0, 0.05) is 11.4 Å². The van der Waals surface area contributed by atoms with Crippen molar-refractivity contribution in [2.75, 3.05) is 6.54 Å². The van der Waals surface area contributed by atoms with Crippen molar-refractivity contribution in [1.29, 1.82) is 0 Å². The Balaban J connectivity index is 2.11. The second-order valence-corrected chi connectivity index (χ2v) is 5.43. The van der Waals surface area contributed by atoms with Gasteiger partial charge in [-0.1, -0.05) is 24.8 Å². The van der Waals surface area contributed by atoms with Crippen LogP contribution in [0.3, 0.4) is 0 Å². The molecule has 18 heavy (non-hydrogen) atoms. The Morgan fingerprint density at radius 3 is 2.67 bits per heavy atom. The maximum atomic E-state index is 5.31. The molecule has 2 aromatic rings. The Hall–Kier alpha value is -1.19. The summed E-state index contributed by atoms with van der Waals surface area (Å²) in [6.07, 6.45) is 1.74. The summed E-state index contributed by atoms with van der Waals surface area (Å²) in [5.41, 5.74) is 2.70. The van der Waals surface area contributed by atoms with Gasteiger partial charge in [0.1, 0.15) is 5.76 Å². The van der Waals surface area contributed by atoms with Gasteiger partial charge in [-0.2, -0.15) is 0 Å². The fourth-order valence-electron chi connectivity index (χ4n) is 1.80. The molecular formula is C15H19NOS. The summed E-state index contributed by atoms with van der Waals surface area (Å²) in [5, 5.41) is 3.36. The third-order valence-electron chi connectivity index (χ3n) is 2.92. The smallest absolute Gasteiger partial charge is 0.114 e. The molecule has 3 heteroatoms. The van der Waals surface area contributed by atoms with Gasteiger partial charge >= 0.3 is 0 Å². The third kappa shape index (κ3) is 3.18. The Bertz CT molecular complexity index is 519. The van der Waals surface area contributed by atoms with Crippen LogP contribution in [0.15, 0.2) is 44.7 Å². The lowest BCUT2D eigenvalue weighted by atomic mass is 10.1. The average Bonchev–Trinajstić information content (AvgIpc) is 2.74. The summed E-state index contributed by atoms with van der Waals surface area (Å²) in [6.45, 7) is 8.23. The van der Waals surface area contributed by atoms with E-state index in [-0.39, 0.29) is 0 Å². The maximum Gasteiger partial charge on any atom is 0.114 e. The predicted molar refractivity (Wildman–Crippen MR) is 76.1 cm³/mol. The molecule has 0 saturated heterocycles. The van der Waals surface area contributed by atoms with Crippen molar-refractivity contribution in [2.45, 2.75) is 37.1 Å². The van der Waals surface area contributed by atoms with Gasteiger partial charge in [-0.3, -0.25) is 0 Å². The molecule has 1 N–H and O–H groups in total. The second kappa shape index (κ2) is 6.12. The molecule has 0 amide bonds. The SMILES string of the molecule is CCNCc1ccc(Sc2ccoc2C)cc1C. The Morgan fingerprint density at radius 2 is 2.06 bits per heavy atom. The molecule has 1 aromatic heterocycles. The van der Waals surface area contributed by atoms with E-state index in [4.69, 9.17) is 4.42 Å². The van der Waals surface area contributed by atoms with Gasteiger partial charge in [0.15, 0.2) is 0 Å². The van der Waals surface area contributed by atoms with Crippen LogP contribution >= 0.6 is 11.8 Å². The number of hydrogen-bond acceptors (Lipinski definition) is 3. The number of benzene rings is 1. The molecule has 2 rings (SSSR count). The summed E-state index contributed by atoms with van der Waals surface area (Å²) in [6, 6.07) is 8.64. The molecule has 0 saturated carbocycles. The van der Waals surface area contributed by atoms with E-state index in [1.807, 2.05) is 13.0 Å². The highest BCUT2D eigenvalue weighted by Gasteiger charge is 2.05. The van der Waals surface area contributed by atoms with Crippen LogP contribution in [0.1, 0.15) is 23.8 Å². The van der Waals surface area contributed by atoms with E-state index in [0.29, 0.717) is 0 Å². The summed E-state index contributed by atoms with van der Waals surface area (Å²) in [5.74, 6) is 0.981. The summed E-state index contributed by atoms with van der Waals surface area (Å²) < 4.78 is 5.31. The van der Waals surface area contributed by atoms with Crippen LogP contribution in [0.5, 0.6) is 0 Å². The maximum absolute atomic E-state index is 5.31. The lowest BCUT2D eigenvalue weighted by molar-refractivity contribution is 0.527. The molecule has 0 atom stereocenters. The summed E-state index contributed by atoms with van der Waals surface area (Å²) in [4.78, 5) is 2.45. The lowest BCUT2D eigenvalue weighted by Gasteiger charge is -2.08. The van der Waals surface area contributed by atoms with Gasteiger partial charge in [-0.05, 0) is 49.7 Å². The van der Waals surface area contributed by atoms with E-state index in [2.05, 4.69) is 37.4 Å². The molecule has 96 valence electrons. The van der Waals surface area contributed by atoms with Crippen molar-refractivity contribution in [3.8, 4) is 0 Å². The van der Waals surface area contributed by atoms with Gasteiger partial charge in [0.25, 0.3) is 0 Å². The first kappa shape index (κ1) is 13.2. The van der Waals surface area contributed by atoms with E-state index in [9.17, 15) is 0 Å². The van der Waals surface area contributed by atoms with Crippen molar-refractivity contribution >= 4 is 11.8 Å². The fraction of sp³-hybridized carbons (Fsp3) is 0.333. The zero-order chi connectivity index (χ0) is 13.0. The molecule has 0 fully saturated rings. The van der Waals surface area contributed by atoms with Crippen molar-refractivity contribution < 1.29 is 4.42 Å². The Morgan fingerprint density at radius 1 is 1.22 bits per heavy atom. The molecule has 0 spiro atoms. The summed E-state index contributed by atoms with van der Waals surface area (Å²) >= 11 is 1.75. The molecular weight excluding hydrogens is 242 g/mol. The van der Waals surface area contributed by atoms with Crippen LogP contribution in [-0.2, 0) is 6.54 Å². The van der Waals surface area contributed by atoms with Gasteiger partial charge in [0.05, 0.1) is 11.2 Å². The predicted octanol–water partition coefficient (Wildman–Crippen LogP) is 4.16. The van der Waals surface area contributed by atoms with Crippen molar-refractivity contribution in [3.05, 3.63) is 47.4 Å². The first-order valence-corrected chi connectivity index (χ1v) is 7.04. The van der Waals surface area contributed by atoms with Crippen LogP contribution in [0.25, 0.3) is 0 Å².